The predicted molar refractivity (Wildman–Crippen MR) is 289 cm³/mol. The number of carbonyl (C=O) groups excluding carboxylic acids is 8. The highest BCUT2D eigenvalue weighted by Gasteiger charge is 2.47. The minimum Gasteiger partial charge on any atom is -0.496 e. The van der Waals surface area contributed by atoms with Crippen molar-refractivity contribution in [3.05, 3.63) is 23.5 Å². The minimum atomic E-state index is -1.19. The number of ether oxygens (including phenoxy) is 4. The van der Waals surface area contributed by atoms with Gasteiger partial charge in [-0.2, -0.15) is 0 Å². The van der Waals surface area contributed by atoms with Gasteiger partial charge in [-0.3, -0.25) is 33.6 Å². The molecule has 0 saturated carbocycles. The third kappa shape index (κ3) is 16.3. The second-order valence-corrected chi connectivity index (χ2v) is 22.4. The molecule has 1 N–H and O–H groups in total. The van der Waals surface area contributed by atoms with Crippen LogP contribution in [0.5, 0.6) is 0 Å². The molecule has 0 unspecified atom stereocenters. The Hall–Kier alpha value is -5.04. The van der Waals surface area contributed by atoms with Gasteiger partial charge in [0.2, 0.25) is 29.5 Å². The molecule has 76 heavy (non-hydrogen) atoms. The summed E-state index contributed by atoms with van der Waals surface area (Å²) in [5.41, 5.74) is 0.644. The smallest absolute Gasteiger partial charge is 0.329 e. The molecule has 3 aliphatic rings. The fourth-order valence-electron chi connectivity index (χ4n) is 10.8. The molecule has 0 aromatic rings. The van der Waals surface area contributed by atoms with Crippen LogP contribution < -0.4 is 0 Å². The highest BCUT2D eigenvalue weighted by atomic mass is 16.5. The number of nitrogens with zero attached hydrogens (tertiary/aromatic N) is 6. The van der Waals surface area contributed by atoms with E-state index in [0.717, 1.165) is 0 Å². The minimum absolute atomic E-state index is 0.152. The van der Waals surface area contributed by atoms with Crippen LogP contribution in [0.15, 0.2) is 23.5 Å². The number of aliphatic hydroxyl groups excluding tert-OH is 1. The van der Waals surface area contributed by atoms with Crippen molar-refractivity contribution in [2.45, 2.75) is 201 Å². The lowest BCUT2D eigenvalue weighted by Crippen LogP contribution is -2.62. The SMILES string of the molecule is CC[C@@H]1CCCC[C@@H](O)[C@@H](C)C(=O)O[C@H](C)[C@@H](C)CC=C(C)C(OC)=CC(=O)N(C)[C@@H]([C@@H](C)CC)C(=O)N(C)[C@@H](C(C)C)C(=O)N(C)[C@@H](COC)C(=O)N2CCC[C@H]2C(=O)N(C)[C@@H](C(C)C)C(=O)N2CCC[C@H]2C(=O)O1. The van der Waals surface area contributed by atoms with Crippen molar-refractivity contribution in [3.8, 4) is 0 Å². The van der Waals surface area contributed by atoms with Gasteiger partial charge in [-0.15, -0.1) is 0 Å². The maximum Gasteiger partial charge on any atom is 0.329 e. The normalized spacial score (nSPS) is 30.6. The van der Waals surface area contributed by atoms with E-state index in [2.05, 4.69) is 0 Å². The summed E-state index contributed by atoms with van der Waals surface area (Å²) in [7, 11) is 8.95. The van der Waals surface area contributed by atoms with Crippen LogP contribution in [-0.4, -0.2) is 199 Å². The van der Waals surface area contributed by atoms with Gasteiger partial charge < -0.3 is 53.5 Å². The van der Waals surface area contributed by atoms with E-state index >= 15 is 0 Å². The predicted octanol–water partition coefficient (Wildman–Crippen LogP) is 5.61. The van der Waals surface area contributed by atoms with Crippen LogP contribution >= 0.6 is 0 Å². The Kier molecular flexibility index (Phi) is 25.9. The monoisotopic (exact) mass is 1070 g/mol. The van der Waals surface area contributed by atoms with Crippen LogP contribution in [0, 0.1) is 29.6 Å². The molecule has 3 heterocycles. The highest BCUT2D eigenvalue weighted by Crippen LogP contribution is 2.30. The van der Waals surface area contributed by atoms with Gasteiger partial charge >= 0.3 is 11.9 Å². The summed E-state index contributed by atoms with van der Waals surface area (Å²) in [5, 5.41) is 11.0. The summed E-state index contributed by atoms with van der Waals surface area (Å²) in [6.45, 7) is 20.4. The third-order valence-electron chi connectivity index (χ3n) is 16.3. The number of allylic oxidation sites excluding steroid dienone is 2. The molecular weight excluding hydrogens is 977 g/mol. The van der Waals surface area contributed by atoms with Crippen molar-refractivity contribution in [1.29, 1.82) is 0 Å². The fourth-order valence-corrected chi connectivity index (χ4v) is 10.8. The quantitative estimate of drug-likeness (QED) is 0.293. The summed E-state index contributed by atoms with van der Waals surface area (Å²) in [4.78, 5) is 123. The number of aliphatic hydroxyl groups is 1. The first-order chi connectivity index (χ1) is 35.7. The van der Waals surface area contributed by atoms with Gasteiger partial charge in [0.05, 0.1) is 25.7 Å². The lowest BCUT2D eigenvalue weighted by atomic mass is 9.93. The van der Waals surface area contributed by atoms with Gasteiger partial charge in [0.25, 0.3) is 5.91 Å². The van der Waals surface area contributed by atoms with Crippen molar-refractivity contribution < 1.29 is 62.4 Å². The zero-order chi connectivity index (χ0) is 57.5. The van der Waals surface area contributed by atoms with E-state index in [1.54, 1.807) is 41.7 Å². The van der Waals surface area contributed by atoms with E-state index in [1.807, 2.05) is 47.6 Å². The molecule has 19 nitrogen and oxygen atoms in total. The van der Waals surface area contributed by atoms with E-state index in [0.29, 0.717) is 82.7 Å². The van der Waals surface area contributed by atoms with Crippen LogP contribution in [0.1, 0.15) is 147 Å². The number of amides is 6. The Morgan fingerprint density at radius 3 is 1.74 bits per heavy atom. The van der Waals surface area contributed by atoms with Gasteiger partial charge in [0.15, 0.2) is 0 Å². The molecule has 2 fully saturated rings. The molecule has 3 aliphatic heterocycles. The average molecular weight is 1070 g/mol. The second-order valence-electron chi connectivity index (χ2n) is 22.4. The average Bonchev–Trinajstić information content (AvgIpc) is 4.09. The summed E-state index contributed by atoms with van der Waals surface area (Å²) >= 11 is 0. The Balaban J connectivity index is 2.09. The standard InChI is InChI=1S/C57H96N6O13/c1-18-36(7)50-54(69)61(15)48(34(3)4)53(68)58(12)44(33-73-16)52(67)62-30-22-25-42(62)51(66)60(14)49(35(5)6)55(70)63-31-23-26-43(63)57(72)76-41(19-2)24-20-21-27-45(64)39(10)56(71)75-40(11)37(8)28-29-38(9)46(74-17)32-47(65)59(50)13/h29,32,34-37,39-45,48-50,64H,18-28,30-31,33H2,1-17H3/t36-,37-,39+,40+,41+,42-,43-,44-,45+,48-,49-,50-/m0/s1. The molecule has 0 aliphatic carbocycles. The molecule has 0 aromatic carbocycles. The molecule has 12 atom stereocenters. The largest absolute Gasteiger partial charge is 0.496 e. The second kappa shape index (κ2) is 30.2. The number of esters is 2. The zero-order valence-corrected chi connectivity index (χ0v) is 49.2. The Labute approximate surface area is 454 Å². The van der Waals surface area contributed by atoms with Gasteiger partial charge in [-0.25, -0.2) is 4.79 Å². The zero-order valence-electron chi connectivity index (χ0n) is 49.2. The Morgan fingerprint density at radius 2 is 1.18 bits per heavy atom. The van der Waals surface area contributed by atoms with Gasteiger partial charge in [-0.05, 0) is 108 Å². The topological polar surface area (TPSA) is 213 Å². The summed E-state index contributed by atoms with van der Waals surface area (Å²) in [6, 6.07) is -6.04. The first-order valence-corrected chi connectivity index (χ1v) is 27.9. The molecule has 0 spiro atoms. The van der Waals surface area contributed by atoms with Gasteiger partial charge in [0.1, 0.15) is 54.2 Å². The van der Waals surface area contributed by atoms with Crippen LogP contribution in [0.3, 0.4) is 0 Å². The van der Waals surface area contributed by atoms with Crippen LogP contribution in [-0.2, 0) is 57.3 Å². The van der Waals surface area contributed by atoms with E-state index in [9.17, 15) is 43.5 Å². The summed E-state index contributed by atoms with van der Waals surface area (Å²) in [5.74, 6) is -5.76. The number of hydrogen-bond acceptors (Lipinski definition) is 13. The first-order valence-electron chi connectivity index (χ1n) is 27.9. The van der Waals surface area contributed by atoms with Crippen molar-refractivity contribution in [3.63, 3.8) is 0 Å². The maximum atomic E-state index is 14.8. The Bertz CT molecular complexity index is 2060. The summed E-state index contributed by atoms with van der Waals surface area (Å²) < 4.78 is 23.1. The van der Waals surface area contributed by atoms with E-state index in [-0.39, 0.29) is 36.7 Å². The van der Waals surface area contributed by atoms with Crippen molar-refractivity contribution in [2.75, 3.05) is 62.1 Å². The number of likely N-dealkylation sites (N-methyl/N-ethyl adjacent to an activating group) is 4. The van der Waals surface area contributed by atoms with Gasteiger partial charge in [0, 0.05) is 54.5 Å². The molecule has 0 radical (unpaired) electrons. The van der Waals surface area contributed by atoms with Crippen LogP contribution in [0.25, 0.3) is 0 Å². The number of rotatable bonds is 8. The third-order valence-corrected chi connectivity index (χ3v) is 16.3. The molecule has 0 aromatic heterocycles. The molecule has 6 amide bonds. The van der Waals surface area contributed by atoms with Crippen molar-refractivity contribution >= 4 is 47.4 Å². The lowest BCUT2D eigenvalue weighted by molar-refractivity contribution is -0.162. The van der Waals surface area contributed by atoms with E-state index in [1.165, 1.54) is 70.8 Å². The molecule has 3 rings (SSSR count). The Morgan fingerprint density at radius 1 is 0.645 bits per heavy atom. The molecule has 0 bridgehead atoms. The van der Waals surface area contributed by atoms with Crippen molar-refractivity contribution in [2.24, 2.45) is 29.6 Å². The number of hydrogen-bond donors (Lipinski definition) is 1. The number of carbonyl (C=O) groups is 8. The number of cyclic esters (lactones) is 2. The van der Waals surface area contributed by atoms with E-state index in [4.69, 9.17) is 18.9 Å². The molecule has 2 saturated heterocycles. The van der Waals surface area contributed by atoms with Crippen molar-refractivity contribution in [1.82, 2.24) is 29.4 Å². The van der Waals surface area contributed by atoms with Crippen LogP contribution in [0.2, 0.25) is 0 Å². The molecule has 19 heteroatoms. The highest BCUT2D eigenvalue weighted by molar-refractivity contribution is 5.98. The van der Waals surface area contributed by atoms with E-state index < -0.39 is 114 Å². The molecule has 432 valence electrons. The van der Waals surface area contributed by atoms with Gasteiger partial charge in [-0.1, -0.05) is 74.3 Å². The maximum absolute atomic E-state index is 14.8. The fraction of sp³-hybridized carbons (Fsp3) is 0.789. The number of fused-ring (bicyclic) bond motifs is 2. The summed E-state index contributed by atoms with van der Waals surface area (Å²) in [6.07, 6.45) is 6.63. The van der Waals surface area contributed by atoms with Crippen LogP contribution in [0.4, 0.5) is 0 Å². The molecular formula is C57H96N6O13. The number of methoxy groups -OCH3 is 2. The lowest BCUT2D eigenvalue weighted by Gasteiger charge is -2.41. The first kappa shape index (κ1) is 65.2.